The molecule has 0 saturated carbocycles. The van der Waals surface area contributed by atoms with E-state index in [1.807, 2.05) is 0 Å². The van der Waals surface area contributed by atoms with Crippen molar-refractivity contribution in [3.8, 4) is 0 Å². The van der Waals surface area contributed by atoms with E-state index < -0.39 is 31.1 Å². The molecule has 3 N–H and O–H groups in total. The van der Waals surface area contributed by atoms with Crippen LogP contribution in [0.1, 0.15) is 25.7 Å². The number of ether oxygens (including phenoxy) is 1. The summed E-state index contributed by atoms with van der Waals surface area (Å²) in [5, 5.41) is 13.3. The molecular formula is C13H21N3O5. The summed E-state index contributed by atoms with van der Waals surface area (Å²) in [6, 6.07) is 0.0751. The van der Waals surface area contributed by atoms with E-state index in [-0.39, 0.29) is 6.04 Å². The zero-order chi connectivity index (χ0) is 15.2. The van der Waals surface area contributed by atoms with Gasteiger partial charge in [-0.25, -0.2) is 9.59 Å². The molecule has 8 heteroatoms. The van der Waals surface area contributed by atoms with Crippen molar-refractivity contribution in [1.82, 2.24) is 15.5 Å². The number of rotatable bonds is 5. The molecule has 21 heavy (non-hydrogen) atoms. The molecule has 0 aromatic carbocycles. The van der Waals surface area contributed by atoms with Gasteiger partial charge in [0.15, 0.2) is 0 Å². The topological polar surface area (TPSA) is 108 Å². The van der Waals surface area contributed by atoms with Crippen LogP contribution < -0.4 is 10.6 Å². The first kappa shape index (κ1) is 15.7. The zero-order valence-electron chi connectivity index (χ0n) is 11.8. The molecule has 2 unspecified atom stereocenters. The minimum Gasteiger partial charge on any atom is -0.480 e. The van der Waals surface area contributed by atoms with Crippen molar-refractivity contribution < 1.29 is 24.2 Å². The second kappa shape index (κ2) is 7.37. The van der Waals surface area contributed by atoms with Gasteiger partial charge in [0.05, 0.1) is 0 Å². The number of hydrogen-bond acceptors (Lipinski definition) is 5. The first-order valence-electron chi connectivity index (χ1n) is 7.18. The lowest BCUT2D eigenvalue weighted by Crippen LogP contribution is -2.51. The van der Waals surface area contributed by atoms with Gasteiger partial charge >= 0.3 is 12.0 Å². The van der Waals surface area contributed by atoms with E-state index in [9.17, 15) is 14.4 Å². The van der Waals surface area contributed by atoms with Crippen molar-refractivity contribution in [2.75, 3.05) is 26.3 Å². The van der Waals surface area contributed by atoms with Gasteiger partial charge in [-0.15, -0.1) is 0 Å². The molecule has 2 saturated heterocycles. The molecule has 2 atom stereocenters. The molecule has 2 aliphatic rings. The van der Waals surface area contributed by atoms with Crippen LogP contribution >= 0.6 is 0 Å². The van der Waals surface area contributed by atoms with Crippen LogP contribution in [0.2, 0.25) is 0 Å². The smallest absolute Gasteiger partial charge is 0.329 e. The van der Waals surface area contributed by atoms with Crippen molar-refractivity contribution in [2.24, 2.45) is 0 Å². The molecule has 0 aromatic heterocycles. The number of fused-ring (bicyclic) bond motifs is 1. The van der Waals surface area contributed by atoms with Crippen LogP contribution in [-0.4, -0.2) is 66.3 Å². The number of carbonyl (C=O) groups is 3. The summed E-state index contributed by atoms with van der Waals surface area (Å²) in [7, 11) is 0. The van der Waals surface area contributed by atoms with Gasteiger partial charge in [0.2, 0.25) is 0 Å². The van der Waals surface area contributed by atoms with E-state index >= 15 is 0 Å². The Morgan fingerprint density at radius 3 is 2.76 bits per heavy atom. The molecule has 0 aromatic rings. The van der Waals surface area contributed by atoms with Crippen molar-refractivity contribution in [2.45, 2.75) is 37.8 Å². The molecule has 0 radical (unpaired) electrons. The number of carboxylic acids is 1. The average molecular weight is 299 g/mol. The molecule has 3 amide bonds. The molecule has 0 bridgehead atoms. The maximum absolute atomic E-state index is 11.7. The molecule has 118 valence electrons. The van der Waals surface area contributed by atoms with Crippen LogP contribution in [-0.2, 0) is 14.3 Å². The molecule has 0 spiro atoms. The summed E-state index contributed by atoms with van der Waals surface area (Å²) >= 11 is 0. The number of nitrogens with one attached hydrogen (secondary N) is 2. The van der Waals surface area contributed by atoms with Crippen LogP contribution in [0.5, 0.6) is 0 Å². The first-order valence-corrected chi connectivity index (χ1v) is 7.18. The molecule has 2 heterocycles. The quantitative estimate of drug-likeness (QED) is 0.634. The fraction of sp³-hybridized carbons (Fsp3) is 0.769. The van der Waals surface area contributed by atoms with Crippen molar-refractivity contribution in [3.63, 3.8) is 0 Å². The van der Waals surface area contributed by atoms with Crippen LogP contribution in [0.3, 0.4) is 0 Å². The normalized spacial score (nSPS) is 25.1. The summed E-state index contributed by atoms with van der Waals surface area (Å²) in [4.78, 5) is 35.7. The van der Waals surface area contributed by atoms with Gasteiger partial charge in [-0.2, -0.15) is 0 Å². The van der Waals surface area contributed by atoms with Crippen LogP contribution in [0.15, 0.2) is 0 Å². The van der Waals surface area contributed by atoms with E-state index in [1.165, 1.54) is 12.8 Å². The highest BCUT2D eigenvalue weighted by atomic mass is 16.5. The van der Waals surface area contributed by atoms with Crippen LogP contribution in [0.4, 0.5) is 4.79 Å². The number of piperidine rings is 1. The highest BCUT2D eigenvalue weighted by Crippen LogP contribution is 2.26. The number of carbonyl (C=O) groups excluding carboxylic acids is 2. The molecule has 0 aliphatic carbocycles. The summed E-state index contributed by atoms with van der Waals surface area (Å²) < 4.78 is 4.61. The summed E-state index contributed by atoms with van der Waals surface area (Å²) in [5.41, 5.74) is 0. The van der Waals surface area contributed by atoms with E-state index in [4.69, 9.17) is 5.11 Å². The Hall–Kier alpha value is -1.67. The third kappa shape index (κ3) is 4.98. The van der Waals surface area contributed by atoms with Gasteiger partial charge in [-0.05, 0) is 32.2 Å². The third-order valence-corrected chi connectivity index (χ3v) is 3.87. The lowest BCUT2D eigenvalue weighted by Gasteiger charge is -2.35. The lowest BCUT2D eigenvalue weighted by atomic mass is 9.98. The number of nitrogens with zero attached hydrogens (tertiary/aromatic N) is 1. The van der Waals surface area contributed by atoms with Gasteiger partial charge in [-0.1, -0.05) is 0 Å². The first-order chi connectivity index (χ1) is 10.0. The van der Waals surface area contributed by atoms with Crippen molar-refractivity contribution in [3.05, 3.63) is 0 Å². The Labute approximate surface area is 122 Å². The number of carboxylic acid groups (broad SMARTS) is 1. The predicted octanol–water partition coefficient (Wildman–Crippen LogP) is -0.460. The minimum absolute atomic E-state index is 0.0806. The van der Waals surface area contributed by atoms with Gasteiger partial charge in [-0.3, -0.25) is 10.1 Å². The second-order valence-corrected chi connectivity index (χ2v) is 5.46. The standard InChI is InChI=1S/C13H21N3O5/c17-11(7-21-8-12(18)19)15-13(20)14-9-3-5-16-4-1-2-10(16)6-9/h9-10H,1-8H2,(H,18,19)(H2,14,15,17,20). The Morgan fingerprint density at radius 2 is 2.00 bits per heavy atom. The number of amides is 3. The molecule has 8 nitrogen and oxygen atoms in total. The highest BCUT2D eigenvalue weighted by molar-refractivity contribution is 5.95. The average Bonchev–Trinajstić information content (AvgIpc) is 2.85. The highest BCUT2D eigenvalue weighted by Gasteiger charge is 2.32. The number of aliphatic carboxylic acids is 1. The van der Waals surface area contributed by atoms with E-state index in [0.717, 1.165) is 25.9 Å². The monoisotopic (exact) mass is 299 g/mol. The lowest BCUT2D eigenvalue weighted by molar-refractivity contribution is -0.143. The van der Waals surface area contributed by atoms with Gasteiger partial charge < -0.3 is 20.1 Å². The Bertz CT molecular complexity index is 415. The fourth-order valence-corrected chi connectivity index (χ4v) is 2.97. The van der Waals surface area contributed by atoms with Crippen LogP contribution in [0, 0.1) is 0 Å². The molecule has 2 rings (SSSR count). The zero-order valence-corrected chi connectivity index (χ0v) is 11.8. The molecule has 2 fully saturated rings. The van der Waals surface area contributed by atoms with Gasteiger partial charge in [0.25, 0.3) is 5.91 Å². The Morgan fingerprint density at radius 1 is 1.19 bits per heavy atom. The van der Waals surface area contributed by atoms with E-state index in [2.05, 4.69) is 20.3 Å². The summed E-state index contributed by atoms with van der Waals surface area (Å²) in [6.45, 7) is 1.12. The maximum Gasteiger partial charge on any atom is 0.329 e. The van der Waals surface area contributed by atoms with Gasteiger partial charge in [0.1, 0.15) is 13.2 Å². The SMILES string of the molecule is O=C(O)COCC(=O)NC(=O)NC1CCN2CCCC2C1. The van der Waals surface area contributed by atoms with E-state index in [0.29, 0.717) is 6.04 Å². The number of urea groups is 1. The number of hydrogen-bond donors (Lipinski definition) is 3. The fourth-order valence-electron chi connectivity index (χ4n) is 2.97. The Kier molecular flexibility index (Phi) is 5.51. The largest absolute Gasteiger partial charge is 0.480 e. The van der Waals surface area contributed by atoms with Crippen LogP contribution in [0.25, 0.3) is 0 Å². The molecule has 2 aliphatic heterocycles. The van der Waals surface area contributed by atoms with E-state index in [1.54, 1.807) is 0 Å². The molecular weight excluding hydrogens is 278 g/mol. The van der Waals surface area contributed by atoms with Crippen molar-refractivity contribution in [1.29, 1.82) is 0 Å². The predicted molar refractivity (Wildman–Crippen MR) is 72.7 cm³/mol. The summed E-state index contributed by atoms with van der Waals surface area (Å²) in [5.74, 6) is -1.80. The van der Waals surface area contributed by atoms with Gasteiger partial charge in [0, 0.05) is 18.6 Å². The minimum atomic E-state index is -1.16. The Balaban J connectivity index is 1.64. The second-order valence-electron chi connectivity index (χ2n) is 5.46. The summed E-state index contributed by atoms with van der Waals surface area (Å²) in [6.07, 6.45) is 4.18. The number of imide groups is 1. The third-order valence-electron chi connectivity index (χ3n) is 3.87. The maximum atomic E-state index is 11.7. The van der Waals surface area contributed by atoms with Crippen molar-refractivity contribution >= 4 is 17.9 Å².